The number of amides is 2. The number of likely N-dealkylation sites (tertiary alicyclic amines) is 1. The summed E-state index contributed by atoms with van der Waals surface area (Å²) in [6.07, 6.45) is 0. The van der Waals surface area contributed by atoms with Crippen LogP contribution >= 0.6 is 23.1 Å². The van der Waals surface area contributed by atoms with Crippen molar-refractivity contribution in [2.24, 2.45) is 5.92 Å². The highest BCUT2D eigenvalue weighted by atomic mass is 32.2. The summed E-state index contributed by atoms with van der Waals surface area (Å²) < 4.78 is 5.92. The maximum atomic E-state index is 13.2. The van der Waals surface area contributed by atoms with Crippen molar-refractivity contribution >= 4 is 40.9 Å². The van der Waals surface area contributed by atoms with Crippen LogP contribution in [0, 0.1) is 12.8 Å². The Hall–Kier alpha value is -3.37. The molecule has 10 heteroatoms. The fourth-order valence-electron chi connectivity index (χ4n) is 4.43. The van der Waals surface area contributed by atoms with Crippen LogP contribution in [0.3, 0.4) is 0 Å². The molecule has 2 N–H and O–H groups in total. The van der Waals surface area contributed by atoms with Crippen molar-refractivity contribution in [2.45, 2.75) is 29.7 Å². The van der Waals surface area contributed by atoms with E-state index in [4.69, 9.17) is 9.84 Å². The van der Waals surface area contributed by atoms with Crippen molar-refractivity contribution in [3.8, 4) is 5.75 Å². The van der Waals surface area contributed by atoms with Crippen molar-refractivity contribution in [1.29, 1.82) is 0 Å². The number of thioether (sulfide) groups is 1. The first kappa shape index (κ1) is 22.4. The monoisotopic (exact) mass is 496 g/mol. The average Bonchev–Trinajstić information content (AvgIpc) is 3.29. The molecule has 0 aliphatic carbocycles. The van der Waals surface area contributed by atoms with E-state index in [-0.39, 0.29) is 4.87 Å². The molecule has 3 heterocycles. The Balaban J connectivity index is 1.45. The van der Waals surface area contributed by atoms with E-state index >= 15 is 0 Å². The number of thiazole rings is 1. The number of carboxylic acids is 1. The van der Waals surface area contributed by atoms with Gasteiger partial charge in [0.05, 0.1) is 10.9 Å². The lowest BCUT2D eigenvalue weighted by atomic mass is 9.83. The number of carboxylic acid groups (broad SMARTS) is 1. The summed E-state index contributed by atoms with van der Waals surface area (Å²) >= 11 is 2.14. The highest BCUT2D eigenvalue weighted by Crippen LogP contribution is 2.52. The maximum Gasteiger partial charge on any atom is 0.323 e. The Bertz CT molecular complexity index is 1350. The minimum atomic E-state index is -1.25. The van der Waals surface area contributed by atoms with Gasteiger partial charge in [-0.15, -0.1) is 0 Å². The van der Waals surface area contributed by atoms with Gasteiger partial charge in [-0.2, -0.15) is 0 Å². The normalized spacial score (nSPS) is 21.3. The highest BCUT2D eigenvalue weighted by molar-refractivity contribution is 8.00. The summed E-state index contributed by atoms with van der Waals surface area (Å²) in [6, 6.07) is 15.2. The number of fused-ring (bicyclic) bond motifs is 2. The number of hydrogen-bond acceptors (Lipinski definition) is 7. The lowest BCUT2D eigenvalue weighted by Crippen LogP contribution is -2.36. The third-order valence-electron chi connectivity index (χ3n) is 6.10. The smallest absolute Gasteiger partial charge is 0.323 e. The van der Waals surface area contributed by atoms with Crippen LogP contribution in [0.2, 0.25) is 0 Å². The number of benzene rings is 2. The molecule has 0 radical (unpaired) electrons. The molecule has 1 aromatic heterocycles. The van der Waals surface area contributed by atoms with Crippen molar-refractivity contribution in [2.75, 3.05) is 6.54 Å². The second-order valence-corrected chi connectivity index (χ2v) is 10.4. The molecule has 5 rings (SSSR count). The Morgan fingerprint density at radius 1 is 1.09 bits per heavy atom. The quantitative estimate of drug-likeness (QED) is 0.504. The van der Waals surface area contributed by atoms with Gasteiger partial charge in [0.2, 0.25) is 11.8 Å². The zero-order chi connectivity index (χ0) is 24.0. The number of nitrogens with one attached hydrogen (secondary N) is 1. The fourth-order valence-corrected chi connectivity index (χ4v) is 6.97. The summed E-state index contributed by atoms with van der Waals surface area (Å²) in [4.78, 5) is 53.4. The van der Waals surface area contributed by atoms with Gasteiger partial charge in [-0.05, 0) is 35.7 Å². The van der Waals surface area contributed by atoms with Crippen LogP contribution in [0.1, 0.15) is 27.5 Å². The van der Waals surface area contributed by atoms with E-state index in [1.807, 2.05) is 43.3 Å². The molecule has 2 aliphatic heterocycles. The average molecular weight is 497 g/mol. The second kappa shape index (κ2) is 8.77. The number of aromatic amines is 1. The highest BCUT2D eigenvalue weighted by Gasteiger charge is 2.56. The van der Waals surface area contributed by atoms with E-state index in [1.54, 1.807) is 12.1 Å². The molecule has 1 fully saturated rings. The number of hydrogen-bond donors (Lipinski definition) is 2. The Labute approximate surface area is 202 Å². The molecule has 2 aromatic carbocycles. The summed E-state index contributed by atoms with van der Waals surface area (Å²) in [6.45, 7) is 1.76. The molecule has 2 amide bonds. The number of aromatic nitrogens is 1. The van der Waals surface area contributed by atoms with E-state index < -0.39 is 41.4 Å². The van der Waals surface area contributed by atoms with Crippen LogP contribution in [0.5, 0.6) is 5.75 Å². The number of rotatable bonds is 6. The van der Waals surface area contributed by atoms with Crippen LogP contribution in [0.25, 0.3) is 0 Å². The van der Waals surface area contributed by atoms with Gasteiger partial charge >= 0.3 is 10.8 Å². The number of carbonyl (C=O) groups is 3. The fraction of sp³-hybridized carbons (Fsp3) is 0.250. The SMILES string of the molecule is Cc1ccccc1COc1ccc([C@@H]2c3sc(=O)[nH]c3S[C@@H]3C(=O)N(CC(=O)O)C(=O)[C@H]23)cc1. The van der Waals surface area contributed by atoms with E-state index in [0.29, 0.717) is 22.3 Å². The standard InChI is InChI=1S/C24H20N2O6S2/c1-12-4-2-3-5-14(12)11-32-15-8-6-13(7-9-15)17-18-20(33-21-19(17)34-24(31)25-21)23(30)26(22(18)29)10-16(27)28/h2-9,17-18,20H,10-11H2,1H3,(H,25,31)(H,27,28)/t17-,18+,20-/m0/s1. The predicted octanol–water partition coefficient (Wildman–Crippen LogP) is 3.00. The van der Waals surface area contributed by atoms with E-state index in [0.717, 1.165) is 44.7 Å². The zero-order valence-corrected chi connectivity index (χ0v) is 19.7. The molecule has 2 aliphatic rings. The summed E-state index contributed by atoms with van der Waals surface area (Å²) in [5.41, 5.74) is 2.97. The minimum Gasteiger partial charge on any atom is -0.489 e. The Morgan fingerprint density at radius 3 is 2.53 bits per heavy atom. The van der Waals surface area contributed by atoms with Crippen LogP contribution in [-0.4, -0.2) is 44.6 Å². The van der Waals surface area contributed by atoms with Crippen molar-refractivity contribution in [3.05, 3.63) is 79.8 Å². The van der Waals surface area contributed by atoms with Gasteiger partial charge in [0.25, 0.3) is 0 Å². The largest absolute Gasteiger partial charge is 0.489 e. The third kappa shape index (κ3) is 3.92. The van der Waals surface area contributed by atoms with E-state index in [1.165, 1.54) is 0 Å². The lowest BCUT2D eigenvalue weighted by molar-refractivity contribution is -0.149. The Kier molecular flexibility index (Phi) is 5.78. The number of imide groups is 1. The number of aryl methyl sites for hydroxylation is 1. The molecular weight excluding hydrogens is 476 g/mol. The minimum absolute atomic E-state index is 0.261. The van der Waals surface area contributed by atoms with Crippen LogP contribution < -0.4 is 9.61 Å². The molecule has 174 valence electrons. The molecule has 0 bridgehead atoms. The molecule has 34 heavy (non-hydrogen) atoms. The molecule has 0 spiro atoms. The van der Waals surface area contributed by atoms with Gasteiger partial charge in [-0.3, -0.25) is 24.1 Å². The number of H-pyrrole nitrogens is 1. The molecule has 0 saturated carbocycles. The molecule has 3 aromatic rings. The first-order valence-electron chi connectivity index (χ1n) is 10.6. The zero-order valence-electron chi connectivity index (χ0n) is 18.0. The van der Waals surface area contributed by atoms with Gasteiger partial charge in [-0.25, -0.2) is 0 Å². The lowest BCUT2D eigenvalue weighted by Gasteiger charge is -2.29. The van der Waals surface area contributed by atoms with Gasteiger partial charge in [-0.1, -0.05) is 59.5 Å². The van der Waals surface area contributed by atoms with Crippen molar-refractivity contribution in [3.63, 3.8) is 0 Å². The first-order valence-corrected chi connectivity index (χ1v) is 12.3. The van der Waals surface area contributed by atoms with E-state index in [2.05, 4.69) is 4.98 Å². The summed E-state index contributed by atoms with van der Waals surface area (Å²) in [5.74, 6) is -2.98. The third-order valence-corrected chi connectivity index (χ3v) is 8.50. The number of aliphatic carboxylic acids is 1. The van der Waals surface area contributed by atoms with Crippen molar-refractivity contribution in [1.82, 2.24) is 9.88 Å². The number of nitrogens with zero attached hydrogens (tertiary/aromatic N) is 1. The molecule has 8 nitrogen and oxygen atoms in total. The molecular formula is C24H20N2O6S2. The molecule has 1 saturated heterocycles. The van der Waals surface area contributed by atoms with Gasteiger partial charge in [0.15, 0.2) is 0 Å². The van der Waals surface area contributed by atoms with E-state index in [9.17, 15) is 19.2 Å². The van der Waals surface area contributed by atoms with Crippen LogP contribution in [0.15, 0.2) is 58.4 Å². The van der Waals surface area contributed by atoms with Crippen molar-refractivity contribution < 1.29 is 24.2 Å². The topological polar surface area (TPSA) is 117 Å². The van der Waals surface area contributed by atoms with Crippen LogP contribution in [-0.2, 0) is 21.0 Å². The Morgan fingerprint density at radius 2 is 1.82 bits per heavy atom. The first-order chi connectivity index (χ1) is 16.3. The molecule has 0 unspecified atom stereocenters. The van der Waals surface area contributed by atoms with Gasteiger partial charge < -0.3 is 14.8 Å². The number of carbonyl (C=O) groups excluding carboxylic acids is 2. The summed E-state index contributed by atoms with van der Waals surface area (Å²) in [5, 5.41) is 8.93. The summed E-state index contributed by atoms with van der Waals surface area (Å²) in [7, 11) is 0. The predicted molar refractivity (Wildman–Crippen MR) is 126 cm³/mol. The second-order valence-electron chi connectivity index (χ2n) is 8.19. The van der Waals surface area contributed by atoms with Gasteiger partial charge in [0.1, 0.15) is 24.2 Å². The molecule has 3 atom stereocenters. The van der Waals surface area contributed by atoms with Gasteiger partial charge in [0, 0.05) is 10.8 Å². The maximum absolute atomic E-state index is 13.2. The van der Waals surface area contributed by atoms with Crippen LogP contribution in [0.4, 0.5) is 0 Å². The number of ether oxygens (including phenoxy) is 1.